The van der Waals surface area contributed by atoms with Crippen LogP contribution in [0.5, 0.6) is 0 Å². The highest BCUT2D eigenvalue weighted by Crippen LogP contribution is 2.25. The van der Waals surface area contributed by atoms with Gasteiger partial charge in [0.25, 0.3) is 5.91 Å². The lowest BCUT2D eigenvalue weighted by Crippen LogP contribution is -2.35. The SMILES string of the molecule is COC(C(=O)NCC1CCN(c2ccc(Cl)cc2)C1)c1ccccc1. The number of carbonyl (C=O) groups excluding carboxylic acids is 1. The summed E-state index contributed by atoms with van der Waals surface area (Å²) >= 11 is 5.95. The number of halogens is 1. The molecule has 2 unspecified atom stereocenters. The Morgan fingerprint density at radius 2 is 1.96 bits per heavy atom. The van der Waals surface area contributed by atoms with Crippen molar-refractivity contribution in [1.82, 2.24) is 5.32 Å². The van der Waals surface area contributed by atoms with Crippen molar-refractivity contribution in [2.75, 3.05) is 31.6 Å². The van der Waals surface area contributed by atoms with E-state index in [1.165, 1.54) is 5.69 Å². The van der Waals surface area contributed by atoms with Crippen LogP contribution in [0.1, 0.15) is 18.1 Å². The fraction of sp³-hybridized carbons (Fsp3) is 0.350. The van der Waals surface area contributed by atoms with Gasteiger partial charge >= 0.3 is 0 Å². The Hall–Kier alpha value is -2.04. The van der Waals surface area contributed by atoms with E-state index in [0.29, 0.717) is 12.5 Å². The van der Waals surface area contributed by atoms with Crippen molar-refractivity contribution in [1.29, 1.82) is 0 Å². The minimum absolute atomic E-state index is 0.0846. The Kier molecular flexibility index (Phi) is 5.95. The summed E-state index contributed by atoms with van der Waals surface area (Å²) in [6, 6.07) is 17.5. The average molecular weight is 359 g/mol. The van der Waals surface area contributed by atoms with E-state index < -0.39 is 6.10 Å². The van der Waals surface area contributed by atoms with Gasteiger partial charge in [-0.3, -0.25) is 4.79 Å². The molecule has 132 valence electrons. The van der Waals surface area contributed by atoms with Gasteiger partial charge in [-0.15, -0.1) is 0 Å². The Bertz CT molecular complexity index is 691. The smallest absolute Gasteiger partial charge is 0.253 e. The van der Waals surface area contributed by atoms with Crippen molar-refractivity contribution < 1.29 is 9.53 Å². The fourth-order valence-electron chi connectivity index (χ4n) is 3.25. The number of amides is 1. The highest BCUT2D eigenvalue weighted by Gasteiger charge is 2.25. The first-order valence-corrected chi connectivity index (χ1v) is 8.91. The van der Waals surface area contributed by atoms with E-state index in [1.54, 1.807) is 7.11 Å². The van der Waals surface area contributed by atoms with Crippen LogP contribution in [0, 0.1) is 5.92 Å². The molecule has 1 heterocycles. The lowest BCUT2D eigenvalue weighted by molar-refractivity contribution is -0.131. The maximum absolute atomic E-state index is 12.5. The number of methoxy groups -OCH3 is 1. The molecule has 3 rings (SSSR count). The van der Waals surface area contributed by atoms with E-state index in [2.05, 4.69) is 10.2 Å². The number of ether oxygens (including phenoxy) is 1. The van der Waals surface area contributed by atoms with Crippen molar-refractivity contribution in [2.45, 2.75) is 12.5 Å². The molecule has 0 bridgehead atoms. The molecule has 25 heavy (non-hydrogen) atoms. The third kappa shape index (κ3) is 4.53. The molecule has 2 atom stereocenters. The first-order valence-electron chi connectivity index (χ1n) is 8.53. The van der Waals surface area contributed by atoms with Crippen LogP contribution in [0.15, 0.2) is 54.6 Å². The number of hydrogen-bond donors (Lipinski definition) is 1. The lowest BCUT2D eigenvalue weighted by atomic mass is 10.1. The summed E-state index contributed by atoms with van der Waals surface area (Å²) in [6.45, 7) is 2.59. The molecular formula is C20H23ClN2O2. The van der Waals surface area contributed by atoms with E-state index in [-0.39, 0.29) is 5.91 Å². The summed E-state index contributed by atoms with van der Waals surface area (Å²) in [4.78, 5) is 14.8. The maximum Gasteiger partial charge on any atom is 0.253 e. The molecule has 1 amide bonds. The van der Waals surface area contributed by atoms with Crippen LogP contribution in [0.3, 0.4) is 0 Å². The van der Waals surface area contributed by atoms with Gasteiger partial charge in [-0.05, 0) is 42.2 Å². The highest BCUT2D eigenvalue weighted by molar-refractivity contribution is 6.30. The normalized spacial score (nSPS) is 18.2. The van der Waals surface area contributed by atoms with E-state index in [9.17, 15) is 4.79 Å². The van der Waals surface area contributed by atoms with Gasteiger partial charge in [0.15, 0.2) is 6.10 Å². The highest BCUT2D eigenvalue weighted by atomic mass is 35.5. The molecule has 4 nitrogen and oxygen atoms in total. The quantitative estimate of drug-likeness (QED) is 0.856. The fourth-order valence-corrected chi connectivity index (χ4v) is 3.37. The van der Waals surface area contributed by atoms with Gasteiger partial charge in [0, 0.05) is 37.5 Å². The molecule has 0 saturated carbocycles. The van der Waals surface area contributed by atoms with Crippen LogP contribution >= 0.6 is 11.6 Å². The second kappa shape index (κ2) is 8.37. The number of rotatable bonds is 6. The average Bonchev–Trinajstić information content (AvgIpc) is 3.11. The minimum Gasteiger partial charge on any atom is -0.371 e. The molecular weight excluding hydrogens is 336 g/mol. The van der Waals surface area contributed by atoms with Gasteiger partial charge < -0.3 is 15.0 Å². The van der Waals surface area contributed by atoms with Gasteiger partial charge in [0.05, 0.1) is 0 Å². The minimum atomic E-state index is -0.560. The van der Waals surface area contributed by atoms with Crippen molar-refractivity contribution in [3.8, 4) is 0 Å². The van der Waals surface area contributed by atoms with Gasteiger partial charge in [-0.25, -0.2) is 0 Å². The van der Waals surface area contributed by atoms with Crippen molar-refractivity contribution in [3.63, 3.8) is 0 Å². The number of nitrogens with one attached hydrogen (secondary N) is 1. The molecule has 1 saturated heterocycles. The Morgan fingerprint density at radius 3 is 2.64 bits per heavy atom. The molecule has 0 spiro atoms. The van der Waals surface area contributed by atoms with Crippen LogP contribution < -0.4 is 10.2 Å². The monoisotopic (exact) mass is 358 g/mol. The summed E-state index contributed by atoms with van der Waals surface area (Å²) in [5.41, 5.74) is 2.05. The largest absolute Gasteiger partial charge is 0.371 e. The summed E-state index contributed by atoms with van der Waals surface area (Å²) in [5, 5.41) is 3.79. The van der Waals surface area contributed by atoms with Gasteiger partial charge in [0.1, 0.15) is 0 Å². The lowest BCUT2D eigenvalue weighted by Gasteiger charge is -2.20. The molecule has 1 aliphatic rings. The number of anilines is 1. The molecule has 0 radical (unpaired) electrons. The van der Waals surface area contributed by atoms with Crippen LogP contribution in [-0.4, -0.2) is 32.7 Å². The Balaban J connectivity index is 1.52. The summed E-state index contributed by atoms with van der Waals surface area (Å²) in [5.74, 6) is 0.353. The molecule has 0 aromatic heterocycles. The molecule has 2 aromatic carbocycles. The number of hydrogen-bond acceptors (Lipinski definition) is 3. The van der Waals surface area contributed by atoms with E-state index in [0.717, 1.165) is 30.1 Å². The van der Waals surface area contributed by atoms with E-state index in [4.69, 9.17) is 16.3 Å². The third-order valence-corrected chi connectivity index (χ3v) is 4.87. The molecule has 1 N–H and O–H groups in total. The number of nitrogens with zero attached hydrogens (tertiary/aromatic N) is 1. The van der Waals surface area contributed by atoms with Crippen molar-refractivity contribution in [3.05, 3.63) is 65.2 Å². The zero-order valence-corrected chi connectivity index (χ0v) is 15.1. The number of carbonyl (C=O) groups is 1. The van der Waals surface area contributed by atoms with Gasteiger partial charge in [-0.2, -0.15) is 0 Å². The number of benzene rings is 2. The van der Waals surface area contributed by atoms with Crippen molar-refractivity contribution >= 4 is 23.2 Å². The summed E-state index contributed by atoms with van der Waals surface area (Å²) < 4.78 is 5.38. The first-order chi connectivity index (χ1) is 12.2. The molecule has 5 heteroatoms. The molecule has 1 fully saturated rings. The van der Waals surface area contributed by atoms with E-state index >= 15 is 0 Å². The molecule has 2 aromatic rings. The van der Waals surface area contributed by atoms with Crippen molar-refractivity contribution in [2.24, 2.45) is 5.92 Å². The maximum atomic E-state index is 12.5. The van der Waals surface area contributed by atoms with Crippen LogP contribution in [0.2, 0.25) is 5.02 Å². The zero-order valence-electron chi connectivity index (χ0n) is 14.3. The predicted octanol–water partition coefficient (Wildman–Crippen LogP) is 3.67. The second-order valence-electron chi connectivity index (χ2n) is 6.35. The zero-order chi connectivity index (χ0) is 17.6. The first kappa shape index (κ1) is 17.8. The van der Waals surface area contributed by atoms with Gasteiger partial charge in [-0.1, -0.05) is 41.9 Å². The predicted molar refractivity (Wildman–Crippen MR) is 101 cm³/mol. The summed E-state index contributed by atoms with van der Waals surface area (Å²) in [7, 11) is 1.56. The van der Waals surface area contributed by atoms with Crippen LogP contribution in [0.25, 0.3) is 0 Å². The Morgan fingerprint density at radius 1 is 1.24 bits per heavy atom. The topological polar surface area (TPSA) is 41.6 Å². The van der Waals surface area contributed by atoms with Gasteiger partial charge in [0.2, 0.25) is 0 Å². The standard InChI is InChI=1S/C20H23ClN2O2/c1-25-19(16-5-3-2-4-6-16)20(24)22-13-15-11-12-23(14-15)18-9-7-17(21)8-10-18/h2-10,15,19H,11-14H2,1H3,(H,22,24). The second-order valence-corrected chi connectivity index (χ2v) is 6.79. The molecule has 1 aliphatic heterocycles. The van der Waals surface area contributed by atoms with Crippen LogP contribution in [-0.2, 0) is 9.53 Å². The molecule has 0 aliphatic carbocycles. The van der Waals surface area contributed by atoms with E-state index in [1.807, 2.05) is 54.6 Å². The summed E-state index contributed by atoms with van der Waals surface area (Å²) in [6.07, 6.45) is 0.501. The Labute approximate surface area is 153 Å². The van der Waals surface area contributed by atoms with Crippen LogP contribution in [0.4, 0.5) is 5.69 Å². The third-order valence-electron chi connectivity index (χ3n) is 4.62.